The maximum absolute atomic E-state index is 6.72. The number of nitrogen functional groups attached to an aromatic ring is 1. The van der Waals surface area contributed by atoms with Crippen LogP contribution in [0.2, 0.25) is 0 Å². The summed E-state index contributed by atoms with van der Waals surface area (Å²) in [6.07, 6.45) is 1.64. The van der Waals surface area contributed by atoms with E-state index in [2.05, 4.69) is 123 Å². The average Bonchev–Trinajstić information content (AvgIpc) is 2.92. The summed E-state index contributed by atoms with van der Waals surface area (Å²) < 4.78 is 0. The summed E-state index contributed by atoms with van der Waals surface area (Å²) in [6.45, 7) is 8.54. The van der Waals surface area contributed by atoms with Gasteiger partial charge in [0.25, 0.3) is 0 Å². The zero-order valence-corrected chi connectivity index (χ0v) is 21.1. The smallest absolute Gasteiger partial charge is 0.161 e. The molecule has 3 aromatic carbocycles. The molecule has 0 spiro atoms. The minimum atomic E-state index is 0.227. The Bertz CT molecular complexity index is 1230. The van der Waals surface area contributed by atoms with Gasteiger partial charge in [0.05, 0.1) is 6.04 Å². The van der Waals surface area contributed by atoms with E-state index in [-0.39, 0.29) is 6.04 Å². The van der Waals surface area contributed by atoms with Crippen molar-refractivity contribution in [2.45, 2.75) is 19.9 Å². The zero-order chi connectivity index (χ0) is 24.9. The van der Waals surface area contributed by atoms with Gasteiger partial charge >= 0.3 is 0 Å². The molecule has 2 heterocycles. The molecule has 36 heavy (non-hydrogen) atoms. The first-order valence-corrected chi connectivity index (χ1v) is 12.7. The van der Waals surface area contributed by atoms with Gasteiger partial charge in [-0.05, 0) is 42.7 Å². The van der Waals surface area contributed by atoms with Crippen LogP contribution in [0.3, 0.4) is 0 Å². The fraction of sp³-hybridized carbons (Fsp3) is 0.267. The van der Waals surface area contributed by atoms with Crippen LogP contribution in [-0.2, 0) is 0 Å². The van der Waals surface area contributed by atoms with Gasteiger partial charge in [0.1, 0.15) is 12.0 Å². The molecular formula is C30H34N6. The van der Waals surface area contributed by atoms with Crippen LogP contribution in [0, 0.1) is 6.92 Å². The van der Waals surface area contributed by atoms with Gasteiger partial charge in [-0.3, -0.25) is 4.90 Å². The Kier molecular flexibility index (Phi) is 7.14. The maximum atomic E-state index is 6.72. The summed E-state index contributed by atoms with van der Waals surface area (Å²) in [4.78, 5) is 16.2. The first kappa shape index (κ1) is 23.8. The second-order valence-corrected chi connectivity index (χ2v) is 9.26. The number of nitrogens with zero attached hydrogens (tertiary/aromatic N) is 5. The third kappa shape index (κ3) is 4.90. The molecule has 1 saturated heterocycles. The Morgan fingerprint density at radius 1 is 0.833 bits per heavy atom. The lowest BCUT2D eigenvalue weighted by Gasteiger charge is -2.40. The molecule has 1 aliphatic rings. The van der Waals surface area contributed by atoms with Crippen LogP contribution in [0.5, 0.6) is 0 Å². The molecule has 6 heteroatoms. The topological polar surface area (TPSA) is 61.5 Å². The van der Waals surface area contributed by atoms with Crippen LogP contribution in [0.1, 0.15) is 29.7 Å². The number of aromatic nitrogens is 2. The Hall–Kier alpha value is -3.90. The van der Waals surface area contributed by atoms with Crippen LogP contribution >= 0.6 is 0 Å². The van der Waals surface area contributed by atoms with E-state index in [9.17, 15) is 0 Å². The number of hydrogen-bond donors (Lipinski definition) is 1. The summed E-state index contributed by atoms with van der Waals surface area (Å²) in [5.41, 5.74) is 12.3. The lowest BCUT2D eigenvalue weighted by Crippen LogP contribution is -2.48. The van der Waals surface area contributed by atoms with E-state index >= 15 is 0 Å². The van der Waals surface area contributed by atoms with E-state index in [1.54, 1.807) is 6.33 Å². The lowest BCUT2D eigenvalue weighted by molar-refractivity contribution is 0.212. The van der Waals surface area contributed by atoms with E-state index in [0.29, 0.717) is 5.69 Å². The molecule has 1 fully saturated rings. The van der Waals surface area contributed by atoms with Crippen LogP contribution in [0.15, 0.2) is 91.3 Å². The van der Waals surface area contributed by atoms with Gasteiger partial charge < -0.3 is 15.5 Å². The van der Waals surface area contributed by atoms with E-state index in [4.69, 9.17) is 5.73 Å². The van der Waals surface area contributed by atoms with Crippen molar-refractivity contribution in [2.75, 3.05) is 48.3 Å². The maximum Gasteiger partial charge on any atom is 0.161 e. The number of anilines is 4. The quantitative estimate of drug-likeness (QED) is 0.382. The van der Waals surface area contributed by atoms with E-state index in [0.717, 1.165) is 50.0 Å². The summed E-state index contributed by atoms with van der Waals surface area (Å²) >= 11 is 0. The second-order valence-electron chi connectivity index (χ2n) is 9.26. The van der Waals surface area contributed by atoms with Crippen molar-refractivity contribution in [2.24, 2.45) is 0 Å². The molecule has 1 aliphatic heterocycles. The number of piperazine rings is 1. The Morgan fingerprint density at radius 2 is 1.47 bits per heavy atom. The molecule has 0 radical (unpaired) electrons. The minimum absolute atomic E-state index is 0.227. The van der Waals surface area contributed by atoms with Gasteiger partial charge in [-0.2, -0.15) is 0 Å². The summed E-state index contributed by atoms with van der Waals surface area (Å²) in [5.74, 6) is 1.59. The first-order valence-electron chi connectivity index (χ1n) is 12.7. The van der Waals surface area contributed by atoms with Gasteiger partial charge in [-0.1, -0.05) is 72.8 Å². The molecule has 184 valence electrons. The van der Waals surface area contributed by atoms with Gasteiger partial charge in [0.2, 0.25) is 0 Å². The predicted molar refractivity (Wildman–Crippen MR) is 149 cm³/mol. The molecule has 0 atom stereocenters. The summed E-state index contributed by atoms with van der Waals surface area (Å²) in [7, 11) is 0. The number of hydrogen-bond acceptors (Lipinski definition) is 6. The van der Waals surface area contributed by atoms with Crippen molar-refractivity contribution in [1.29, 1.82) is 0 Å². The van der Waals surface area contributed by atoms with Gasteiger partial charge in [-0.25, -0.2) is 9.97 Å². The van der Waals surface area contributed by atoms with Crippen LogP contribution in [-0.4, -0.2) is 47.6 Å². The molecule has 1 aromatic heterocycles. The van der Waals surface area contributed by atoms with Crippen molar-refractivity contribution >= 4 is 23.0 Å². The van der Waals surface area contributed by atoms with Gasteiger partial charge in [0.15, 0.2) is 11.6 Å². The third-order valence-corrected chi connectivity index (χ3v) is 6.94. The number of nitrogens with two attached hydrogens (primary N) is 1. The molecule has 0 unspecified atom stereocenters. The highest BCUT2D eigenvalue weighted by atomic mass is 15.3. The van der Waals surface area contributed by atoms with E-state index in [1.165, 1.54) is 16.7 Å². The molecule has 4 aromatic rings. The molecule has 0 amide bonds. The highest BCUT2D eigenvalue weighted by Gasteiger charge is 2.28. The van der Waals surface area contributed by atoms with E-state index < -0.39 is 0 Å². The Morgan fingerprint density at radius 3 is 2.06 bits per heavy atom. The van der Waals surface area contributed by atoms with Crippen molar-refractivity contribution in [3.63, 3.8) is 0 Å². The van der Waals surface area contributed by atoms with Crippen molar-refractivity contribution in [3.8, 4) is 0 Å². The fourth-order valence-corrected chi connectivity index (χ4v) is 5.17. The molecule has 6 nitrogen and oxygen atoms in total. The average molecular weight is 479 g/mol. The van der Waals surface area contributed by atoms with Gasteiger partial charge in [0, 0.05) is 38.4 Å². The highest BCUT2D eigenvalue weighted by Crippen LogP contribution is 2.35. The third-order valence-electron chi connectivity index (χ3n) is 6.94. The molecule has 2 N–H and O–H groups in total. The normalized spacial score (nSPS) is 14.2. The first-order chi connectivity index (χ1) is 17.7. The number of benzene rings is 3. The monoisotopic (exact) mass is 478 g/mol. The number of rotatable bonds is 7. The standard InChI is InChI=1S/C30H34N6/c1-3-36(26-16-10-11-23(2)21-26)30-27(31)29(32-22-33-30)35-19-17-34(18-20-35)28(24-12-6-4-7-13-24)25-14-8-5-9-15-25/h4-16,21-22,28H,3,17-20,31H2,1-2H3. The molecule has 0 bridgehead atoms. The summed E-state index contributed by atoms with van der Waals surface area (Å²) in [6, 6.07) is 30.2. The highest BCUT2D eigenvalue weighted by molar-refractivity contribution is 5.79. The van der Waals surface area contributed by atoms with Gasteiger partial charge in [-0.15, -0.1) is 0 Å². The Balaban J connectivity index is 1.37. The molecule has 5 rings (SSSR count). The molecule has 0 aliphatic carbocycles. The van der Waals surface area contributed by atoms with Crippen molar-refractivity contribution in [1.82, 2.24) is 14.9 Å². The van der Waals surface area contributed by atoms with E-state index in [1.807, 2.05) is 0 Å². The van der Waals surface area contributed by atoms with Crippen molar-refractivity contribution < 1.29 is 0 Å². The van der Waals surface area contributed by atoms with Crippen LogP contribution < -0.4 is 15.5 Å². The lowest BCUT2D eigenvalue weighted by atomic mass is 9.96. The SMILES string of the molecule is CCN(c1cccc(C)c1)c1ncnc(N2CCN(C(c3ccccc3)c3ccccc3)CC2)c1N. The molecule has 0 saturated carbocycles. The Labute approximate surface area is 214 Å². The number of aryl methyl sites for hydroxylation is 1. The largest absolute Gasteiger partial charge is 0.393 e. The summed E-state index contributed by atoms with van der Waals surface area (Å²) in [5, 5.41) is 0. The second kappa shape index (κ2) is 10.8. The van der Waals surface area contributed by atoms with Crippen molar-refractivity contribution in [3.05, 3.63) is 108 Å². The van der Waals surface area contributed by atoms with Crippen LogP contribution in [0.25, 0.3) is 0 Å². The van der Waals surface area contributed by atoms with Crippen LogP contribution in [0.4, 0.5) is 23.0 Å². The zero-order valence-electron chi connectivity index (χ0n) is 21.1. The fourth-order valence-electron chi connectivity index (χ4n) is 5.17. The predicted octanol–water partition coefficient (Wildman–Crippen LogP) is 5.44. The minimum Gasteiger partial charge on any atom is -0.393 e. The molecular weight excluding hydrogens is 444 g/mol.